The van der Waals surface area contributed by atoms with E-state index in [9.17, 15) is 18.0 Å². The number of alkyl halides is 3. The van der Waals surface area contributed by atoms with Gasteiger partial charge in [-0.3, -0.25) is 4.79 Å². The Morgan fingerprint density at radius 3 is 2.73 bits per heavy atom. The Labute approximate surface area is 132 Å². The van der Waals surface area contributed by atoms with Crippen molar-refractivity contribution in [3.63, 3.8) is 0 Å². The number of halogens is 4. The maximum absolute atomic E-state index is 12.7. The predicted octanol–water partition coefficient (Wildman–Crippen LogP) is 2.37. The fraction of sp³-hybridized carbons (Fsp3) is 0.500. The molecule has 0 radical (unpaired) electrons. The lowest BCUT2D eigenvalue weighted by atomic mass is 10.2. The second kappa shape index (κ2) is 8.24. The molecule has 0 bridgehead atoms. The predicted molar refractivity (Wildman–Crippen MR) is 78.2 cm³/mol. The molecule has 8 heteroatoms. The van der Waals surface area contributed by atoms with Crippen LogP contribution in [0.4, 0.5) is 13.2 Å². The van der Waals surface area contributed by atoms with E-state index in [1.165, 1.54) is 18.2 Å². The molecule has 0 aromatic heterocycles. The van der Waals surface area contributed by atoms with E-state index in [-0.39, 0.29) is 43.3 Å². The molecule has 0 spiro atoms. The van der Waals surface area contributed by atoms with Gasteiger partial charge in [-0.2, -0.15) is 13.2 Å². The quantitative estimate of drug-likeness (QED) is 0.810. The van der Waals surface area contributed by atoms with Crippen LogP contribution in [0.3, 0.4) is 0 Å². The summed E-state index contributed by atoms with van der Waals surface area (Å²) in [6, 6.07) is 4.82. The zero-order chi connectivity index (χ0) is 15.3. The van der Waals surface area contributed by atoms with Gasteiger partial charge in [-0.25, -0.2) is 0 Å². The van der Waals surface area contributed by atoms with Crippen molar-refractivity contribution >= 4 is 18.3 Å². The maximum Gasteiger partial charge on any atom is 0.419 e. The van der Waals surface area contributed by atoms with E-state index < -0.39 is 11.7 Å². The van der Waals surface area contributed by atoms with Crippen molar-refractivity contribution < 1.29 is 22.7 Å². The fourth-order valence-electron chi connectivity index (χ4n) is 2.19. The molecule has 1 unspecified atom stereocenters. The Hall–Kier alpha value is -1.47. The highest BCUT2D eigenvalue weighted by molar-refractivity contribution is 5.85. The largest absolute Gasteiger partial charge is 0.491 e. The number of carbonyl (C=O) groups excluding carboxylic acids is 1. The molecule has 0 aliphatic carbocycles. The van der Waals surface area contributed by atoms with Crippen molar-refractivity contribution in [3.8, 4) is 5.75 Å². The van der Waals surface area contributed by atoms with E-state index in [1.807, 2.05) is 0 Å². The number of nitrogens with one attached hydrogen (secondary N) is 2. The molecule has 124 valence electrons. The minimum absolute atomic E-state index is 0. The number of hydrogen-bond donors (Lipinski definition) is 2. The molecule has 2 N–H and O–H groups in total. The van der Waals surface area contributed by atoms with Crippen molar-refractivity contribution in [1.29, 1.82) is 0 Å². The average molecular weight is 339 g/mol. The van der Waals surface area contributed by atoms with Crippen molar-refractivity contribution in [2.24, 2.45) is 0 Å². The standard InChI is InChI=1S/C14H17F3N2O2.ClH/c15-14(16,17)10-4-1-2-6-12(10)21-9-8-19-13(20)11-5-3-7-18-11;/h1-2,4,6,11,18H,3,5,7-9H2,(H,19,20);1H. The topological polar surface area (TPSA) is 50.4 Å². The van der Waals surface area contributed by atoms with E-state index in [1.54, 1.807) is 0 Å². The fourth-order valence-corrected chi connectivity index (χ4v) is 2.19. The molecule has 1 saturated heterocycles. The van der Waals surface area contributed by atoms with Crippen LogP contribution in [0.25, 0.3) is 0 Å². The summed E-state index contributed by atoms with van der Waals surface area (Å²) in [5, 5.41) is 5.69. The van der Waals surface area contributed by atoms with Crippen LogP contribution in [-0.2, 0) is 11.0 Å². The lowest BCUT2D eigenvalue weighted by molar-refractivity contribution is -0.139. The normalized spacial score (nSPS) is 17.7. The Balaban J connectivity index is 0.00000242. The third-order valence-electron chi connectivity index (χ3n) is 3.23. The molecule has 1 amide bonds. The summed E-state index contributed by atoms with van der Waals surface area (Å²) in [6.45, 7) is 0.975. The highest BCUT2D eigenvalue weighted by Crippen LogP contribution is 2.35. The molecule has 22 heavy (non-hydrogen) atoms. The van der Waals surface area contributed by atoms with Gasteiger partial charge in [0.05, 0.1) is 18.2 Å². The van der Waals surface area contributed by atoms with Gasteiger partial charge in [-0.15, -0.1) is 12.4 Å². The monoisotopic (exact) mass is 338 g/mol. The lowest BCUT2D eigenvalue weighted by Gasteiger charge is -2.15. The van der Waals surface area contributed by atoms with Gasteiger partial charge in [0.2, 0.25) is 5.91 Å². The molecule has 0 saturated carbocycles. The Kier molecular flexibility index (Phi) is 6.96. The number of benzene rings is 1. The molecular weight excluding hydrogens is 321 g/mol. The number of hydrogen-bond acceptors (Lipinski definition) is 3. The summed E-state index contributed by atoms with van der Waals surface area (Å²) in [4.78, 5) is 11.7. The molecule has 1 fully saturated rings. The molecule has 1 aliphatic heterocycles. The smallest absolute Gasteiger partial charge is 0.419 e. The first-order valence-electron chi connectivity index (χ1n) is 6.78. The van der Waals surface area contributed by atoms with Crippen LogP contribution in [0.5, 0.6) is 5.75 Å². The van der Waals surface area contributed by atoms with Gasteiger partial charge in [0.25, 0.3) is 0 Å². The third-order valence-corrected chi connectivity index (χ3v) is 3.23. The Morgan fingerprint density at radius 1 is 1.36 bits per heavy atom. The van der Waals surface area contributed by atoms with E-state index in [4.69, 9.17) is 4.74 Å². The van der Waals surface area contributed by atoms with Gasteiger partial charge in [0.15, 0.2) is 0 Å². The van der Waals surface area contributed by atoms with Gasteiger partial charge in [-0.05, 0) is 31.5 Å². The second-order valence-corrected chi connectivity index (χ2v) is 4.78. The molecule has 1 aliphatic rings. The number of carbonyl (C=O) groups is 1. The third kappa shape index (κ3) is 5.06. The van der Waals surface area contributed by atoms with E-state index in [2.05, 4.69) is 10.6 Å². The van der Waals surface area contributed by atoms with Crippen molar-refractivity contribution in [2.45, 2.75) is 25.1 Å². The second-order valence-electron chi connectivity index (χ2n) is 4.78. The molecule has 2 rings (SSSR count). The molecule has 1 atom stereocenters. The molecular formula is C14H18ClF3N2O2. The summed E-state index contributed by atoms with van der Waals surface area (Å²) in [5.74, 6) is -0.363. The van der Waals surface area contributed by atoms with Crippen molar-refractivity contribution in [2.75, 3.05) is 19.7 Å². The van der Waals surface area contributed by atoms with Crippen LogP contribution in [-0.4, -0.2) is 31.6 Å². The Morgan fingerprint density at radius 2 is 2.09 bits per heavy atom. The zero-order valence-electron chi connectivity index (χ0n) is 11.8. The first-order chi connectivity index (χ1) is 9.98. The van der Waals surface area contributed by atoms with Crippen LogP contribution in [0.2, 0.25) is 0 Å². The van der Waals surface area contributed by atoms with E-state index in [0.717, 1.165) is 25.5 Å². The minimum Gasteiger partial charge on any atom is -0.491 e. The van der Waals surface area contributed by atoms with Crippen molar-refractivity contribution in [3.05, 3.63) is 29.8 Å². The SMILES string of the molecule is Cl.O=C(NCCOc1ccccc1C(F)(F)F)C1CCCN1. The number of amides is 1. The van der Waals surface area contributed by atoms with Gasteiger partial charge >= 0.3 is 6.18 Å². The van der Waals surface area contributed by atoms with Crippen LogP contribution in [0.1, 0.15) is 18.4 Å². The molecule has 4 nitrogen and oxygen atoms in total. The van der Waals surface area contributed by atoms with E-state index in [0.29, 0.717) is 0 Å². The molecule has 1 aromatic rings. The molecule has 1 aromatic carbocycles. The Bertz CT molecular complexity index is 491. The van der Waals surface area contributed by atoms with Gasteiger partial charge in [0, 0.05) is 0 Å². The van der Waals surface area contributed by atoms with Crippen molar-refractivity contribution in [1.82, 2.24) is 10.6 Å². The highest BCUT2D eigenvalue weighted by Gasteiger charge is 2.33. The van der Waals surface area contributed by atoms with Crippen LogP contribution < -0.4 is 15.4 Å². The van der Waals surface area contributed by atoms with Crippen LogP contribution in [0.15, 0.2) is 24.3 Å². The van der Waals surface area contributed by atoms with Gasteiger partial charge in [0.1, 0.15) is 12.4 Å². The van der Waals surface area contributed by atoms with Gasteiger partial charge < -0.3 is 15.4 Å². The van der Waals surface area contributed by atoms with Gasteiger partial charge in [-0.1, -0.05) is 12.1 Å². The van der Waals surface area contributed by atoms with E-state index >= 15 is 0 Å². The van der Waals surface area contributed by atoms with Crippen LogP contribution in [0, 0.1) is 0 Å². The minimum atomic E-state index is -4.45. The number of ether oxygens (including phenoxy) is 1. The lowest BCUT2D eigenvalue weighted by Crippen LogP contribution is -2.41. The van der Waals surface area contributed by atoms with Crippen LogP contribution >= 0.6 is 12.4 Å². The number of rotatable bonds is 5. The summed E-state index contributed by atoms with van der Waals surface area (Å²) >= 11 is 0. The first kappa shape index (κ1) is 18.6. The summed E-state index contributed by atoms with van der Waals surface area (Å²) in [7, 11) is 0. The highest BCUT2D eigenvalue weighted by atomic mass is 35.5. The molecule has 1 heterocycles. The average Bonchev–Trinajstić information content (AvgIpc) is 2.97. The first-order valence-corrected chi connectivity index (χ1v) is 6.78. The summed E-state index contributed by atoms with van der Waals surface area (Å²) in [5.41, 5.74) is -0.811. The summed E-state index contributed by atoms with van der Waals surface area (Å²) < 4.78 is 43.3. The maximum atomic E-state index is 12.7. The zero-order valence-corrected chi connectivity index (χ0v) is 12.6. The summed E-state index contributed by atoms with van der Waals surface area (Å²) in [6.07, 6.45) is -2.72. The number of para-hydroxylation sites is 1.